The average Bonchev–Trinajstić information content (AvgIpc) is 2.75. The molecule has 1 saturated heterocycles. The van der Waals surface area contributed by atoms with Crippen LogP contribution >= 0.6 is 0 Å². The topological polar surface area (TPSA) is 30.5 Å². The molecule has 3 heteroatoms. The van der Waals surface area contributed by atoms with Crippen LogP contribution in [0.15, 0.2) is 0 Å². The lowest BCUT2D eigenvalue weighted by Crippen LogP contribution is -2.34. The standard InChI is InChI=1S/C12H25NO2/c1-4-10(2)13-8-11(3)15-9-12-6-5-7-14-12/h10-13H,4-9H2,1-3H3. The van der Waals surface area contributed by atoms with Crippen LogP contribution in [0.1, 0.15) is 40.0 Å². The van der Waals surface area contributed by atoms with Crippen LogP contribution in [0.2, 0.25) is 0 Å². The van der Waals surface area contributed by atoms with Gasteiger partial charge in [-0.2, -0.15) is 0 Å². The number of hydrogen-bond donors (Lipinski definition) is 1. The van der Waals surface area contributed by atoms with Crippen LogP contribution in [0.3, 0.4) is 0 Å². The van der Waals surface area contributed by atoms with Crippen LogP contribution in [0.4, 0.5) is 0 Å². The van der Waals surface area contributed by atoms with Crippen LogP contribution in [0, 0.1) is 0 Å². The molecule has 0 aromatic carbocycles. The Balaban J connectivity index is 1.99. The first-order valence-corrected chi connectivity index (χ1v) is 6.19. The summed E-state index contributed by atoms with van der Waals surface area (Å²) >= 11 is 0. The summed E-state index contributed by atoms with van der Waals surface area (Å²) in [5, 5.41) is 3.44. The van der Waals surface area contributed by atoms with E-state index in [2.05, 4.69) is 26.1 Å². The monoisotopic (exact) mass is 215 g/mol. The minimum absolute atomic E-state index is 0.281. The molecule has 0 aromatic heterocycles. The fourth-order valence-corrected chi connectivity index (χ4v) is 1.62. The van der Waals surface area contributed by atoms with Crippen molar-refractivity contribution in [3.63, 3.8) is 0 Å². The fourth-order valence-electron chi connectivity index (χ4n) is 1.62. The van der Waals surface area contributed by atoms with E-state index in [1.165, 1.54) is 12.8 Å². The summed E-state index contributed by atoms with van der Waals surface area (Å²) in [6.07, 6.45) is 4.14. The lowest BCUT2D eigenvalue weighted by molar-refractivity contribution is -0.0138. The van der Waals surface area contributed by atoms with Gasteiger partial charge in [-0.3, -0.25) is 0 Å². The first-order valence-electron chi connectivity index (χ1n) is 6.19. The normalized spacial score (nSPS) is 25.4. The van der Waals surface area contributed by atoms with Gasteiger partial charge >= 0.3 is 0 Å². The van der Waals surface area contributed by atoms with Crippen LogP contribution in [0.5, 0.6) is 0 Å². The van der Waals surface area contributed by atoms with Crippen molar-refractivity contribution in [2.24, 2.45) is 0 Å². The maximum absolute atomic E-state index is 5.73. The Morgan fingerprint density at radius 3 is 2.87 bits per heavy atom. The Labute approximate surface area is 93.5 Å². The van der Waals surface area contributed by atoms with E-state index in [9.17, 15) is 0 Å². The minimum atomic E-state index is 0.281. The number of hydrogen-bond acceptors (Lipinski definition) is 3. The molecule has 0 saturated carbocycles. The van der Waals surface area contributed by atoms with Crippen molar-refractivity contribution in [1.29, 1.82) is 0 Å². The Hall–Kier alpha value is -0.120. The van der Waals surface area contributed by atoms with Crippen molar-refractivity contribution in [3.05, 3.63) is 0 Å². The van der Waals surface area contributed by atoms with Crippen molar-refractivity contribution in [2.75, 3.05) is 19.8 Å². The molecule has 90 valence electrons. The average molecular weight is 215 g/mol. The quantitative estimate of drug-likeness (QED) is 0.704. The van der Waals surface area contributed by atoms with Gasteiger partial charge < -0.3 is 14.8 Å². The van der Waals surface area contributed by atoms with E-state index < -0.39 is 0 Å². The molecule has 15 heavy (non-hydrogen) atoms. The highest BCUT2D eigenvalue weighted by atomic mass is 16.5. The van der Waals surface area contributed by atoms with Crippen molar-refractivity contribution in [3.8, 4) is 0 Å². The molecule has 3 atom stereocenters. The van der Waals surface area contributed by atoms with E-state index in [1.807, 2.05) is 0 Å². The van der Waals surface area contributed by atoms with E-state index >= 15 is 0 Å². The Kier molecular flexibility index (Phi) is 6.22. The first-order chi connectivity index (χ1) is 7.22. The van der Waals surface area contributed by atoms with Crippen LogP contribution < -0.4 is 5.32 Å². The zero-order valence-corrected chi connectivity index (χ0v) is 10.3. The van der Waals surface area contributed by atoms with E-state index in [-0.39, 0.29) is 6.10 Å². The van der Waals surface area contributed by atoms with E-state index in [1.54, 1.807) is 0 Å². The summed E-state index contributed by atoms with van der Waals surface area (Å²) in [6.45, 7) is 9.10. The summed E-state index contributed by atoms with van der Waals surface area (Å²) in [5.41, 5.74) is 0. The highest BCUT2D eigenvalue weighted by Crippen LogP contribution is 2.12. The van der Waals surface area contributed by atoms with E-state index in [4.69, 9.17) is 9.47 Å². The minimum Gasteiger partial charge on any atom is -0.376 e. The maximum atomic E-state index is 5.73. The second-order valence-corrected chi connectivity index (χ2v) is 4.50. The summed E-state index contributed by atoms with van der Waals surface area (Å²) in [7, 11) is 0. The second kappa shape index (κ2) is 7.20. The third kappa shape index (κ3) is 5.50. The molecule has 1 N–H and O–H groups in total. The molecule has 3 unspecified atom stereocenters. The van der Waals surface area contributed by atoms with Gasteiger partial charge in [-0.15, -0.1) is 0 Å². The molecule has 0 spiro atoms. The molecule has 1 rings (SSSR count). The zero-order chi connectivity index (χ0) is 11.1. The fraction of sp³-hybridized carbons (Fsp3) is 1.00. The van der Waals surface area contributed by atoms with E-state index in [0.717, 1.165) is 26.2 Å². The molecule has 0 bridgehead atoms. The lowest BCUT2D eigenvalue weighted by atomic mass is 10.2. The van der Waals surface area contributed by atoms with Crippen molar-refractivity contribution in [1.82, 2.24) is 5.32 Å². The molecule has 0 radical (unpaired) electrons. The van der Waals surface area contributed by atoms with Gasteiger partial charge in [-0.25, -0.2) is 0 Å². The molecule has 1 aliphatic rings. The predicted molar refractivity (Wildman–Crippen MR) is 62.1 cm³/mol. The molecule has 3 nitrogen and oxygen atoms in total. The third-order valence-corrected chi connectivity index (χ3v) is 2.96. The number of rotatable bonds is 7. The molecule has 0 amide bonds. The van der Waals surface area contributed by atoms with Crippen LogP contribution in [0.25, 0.3) is 0 Å². The van der Waals surface area contributed by atoms with Gasteiger partial charge in [0.15, 0.2) is 0 Å². The highest BCUT2D eigenvalue weighted by molar-refractivity contribution is 4.66. The predicted octanol–water partition coefficient (Wildman–Crippen LogP) is 1.96. The van der Waals surface area contributed by atoms with Crippen molar-refractivity contribution in [2.45, 2.75) is 58.3 Å². The zero-order valence-electron chi connectivity index (χ0n) is 10.3. The van der Waals surface area contributed by atoms with Crippen molar-refractivity contribution < 1.29 is 9.47 Å². The molecular formula is C12H25NO2. The van der Waals surface area contributed by atoms with Gasteiger partial charge in [0.05, 0.1) is 18.8 Å². The SMILES string of the molecule is CCC(C)NCC(C)OCC1CCCO1. The third-order valence-electron chi connectivity index (χ3n) is 2.96. The molecular weight excluding hydrogens is 190 g/mol. The smallest absolute Gasteiger partial charge is 0.0809 e. The summed E-state index contributed by atoms with van der Waals surface area (Å²) in [4.78, 5) is 0. The second-order valence-electron chi connectivity index (χ2n) is 4.50. The van der Waals surface area contributed by atoms with Crippen molar-refractivity contribution >= 4 is 0 Å². The summed E-state index contributed by atoms with van der Waals surface area (Å²) in [6, 6.07) is 0.582. The summed E-state index contributed by atoms with van der Waals surface area (Å²) in [5.74, 6) is 0. The number of ether oxygens (including phenoxy) is 2. The van der Waals surface area contributed by atoms with Crippen LogP contribution in [-0.4, -0.2) is 38.0 Å². The lowest BCUT2D eigenvalue weighted by Gasteiger charge is -2.19. The Morgan fingerprint density at radius 1 is 1.47 bits per heavy atom. The largest absolute Gasteiger partial charge is 0.376 e. The van der Waals surface area contributed by atoms with Gasteiger partial charge in [0, 0.05) is 19.2 Å². The molecule has 1 fully saturated rings. The maximum Gasteiger partial charge on any atom is 0.0809 e. The Morgan fingerprint density at radius 2 is 2.27 bits per heavy atom. The molecule has 1 heterocycles. The summed E-state index contributed by atoms with van der Waals surface area (Å²) < 4.78 is 11.2. The van der Waals surface area contributed by atoms with Crippen LogP contribution in [-0.2, 0) is 9.47 Å². The molecule has 0 aromatic rings. The number of nitrogens with one attached hydrogen (secondary N) is 1. The molecule has 0 aliphatic carbocycles. The van der Waals surface area contributed by atoms with Gasteiger partial charge in [0.25, 0.3) is 0 Å². The van der Waals surface area contributed by atoms with Gasteiger partial charge in [-0.1, -0.05) is 6.92 Å². The van der Waals surface area contributed by atoms with Gasteiger partial charge in [-0.05, 0) is 33.1 Å². The Bertz CT molecular complexity index is 158. The van der Waals surface area contributed by atoms with E-state index in [0.29, 0.717) is 12.1 Å². The highest BCUT2D eigenvalue weighted by Gasteiger charge is 2.16. The molecule has 1 aliphatic heterocycles. The van der Waals surface area contributed by atoms with Gasteiger partial charge in [0.2, 0.25) is 0 Å². The van der Waals surface area contributed by atoms with Gasteiger partial charge in [0.1, 0.15) is 0 Å². The first kappa shape index (κ1) is 12.9.